The van der Waals surface area contributed by atoms with Crippen LogP contribution in [0, 0.1) is 10.8 Å². The predicted molar refractivity (Wildman–Crippen MR) is 179 cm³/mol. The van der Waals surface area contributed by atoms with Gasteiger partial charge in [-0.3, -0.25) is 9.11 Å². The number of hydrogen-bond donors (Lipinski definition) is 4. The number of nitrogens with zero attached hydrogens (tertiary/aromatic N) is 1. The van der Waals surface area contributed by atoms with Crippen molar-refractivity contribution in [2.45, 2.75) is 89.4 Å². The maximum atomic E-state index is 11.8. The molecule has 0 amide bonds. The predicted octanol–water partition coefficient (Wildman–Crippen LogP) is 9.86. The van der Waals surface area contributed by atoms with Crippen LogP contribution in [0.1, 0.15) is 79.6 Å². The molecule has 1 aliphatic heterocycles. The lowest BCUT2D eigenvalue weighted by molar-refractivity contribution is -0.131. The van der Waals surface area contributed by atoms with Gasteiger partial charge in [0, 0.05) is 41.7 Å². The number of fused-ring (bicyclic) bond motifs is 1. The summed E-state index contributed by atoms with van der Waals surface area (Å²) < 4.78 is 29.4. The highest BCUT2D eigenvalue weighted by atomic mass is 32.3. The van der Waals surface area contributed by atoms with Gasteiger partial charge in [-0.1, -0.05) is 60.3 Å². The summed E-state index contributed by atoms with van der Waals surface area (Å²) in [4.78, 5) is 14.5. The van der Waals surface area contributed by atoms with Crippen molar-refractivity contribution in [1.82, 2.24) is 0 Å². The summed E-state index contributed by atoms with van der Waals surface area (Å²) in [6.45, 7) is 12.7. The Labute approximate surface area is 258 Å². The molecule has 7 nitrogen and oxygen atoms in total. The molecule has 4 N–H and O–H groups in total. The number of thioether (sulfide) groups is 1. The number of carbonyl (C=O) groups is 1. The van der Waals surface area contributed by atoms with Crippen LogP contribution in [0.3, 0.4) is 0 Å². The minimum atomic E-state index is -3.19. The van der Waals surface area contributed by atoms with E-state index in [-0.39, 0.29) is 10.8 Å². The number of ether oxygens (including phenoxy) is 1. The molecule has 42 heavy (non-hydrogen) atoms. The molecule has 0 spiro atoms. The number of unbranched alkanes of at least 4 members (excludes halogenated alkanes) is 2. The van der Waals surface area contributed by atoms with Crippen LogP contribution < -0.4 is 15.0 Å². The third-order valence-corrected chi connectivity index (χ3v) is 10.6. The zero-order valence-electron chi connectivity index (χ0n) is 26.1. The molecule has 0 bridgehead atoms. The second-order valence-corrected chi connectivity index (χ2v) is 15.5. The Kier molecular flexibility index (Phi) is 12.1. The summed E-state index contributed by atoms with van der Waals surface area (Å²) >= 11 is 1.48. The van der Waals surface area contributed by atoms with E-state index in [4.69, 9.17) is 9.84 Å². The lowest BCUT2D eigenvalue weighted by atomic mass is 9.79. The first-order valence-corrected chi connectivity index (χ1v) is 17.9. The van der Waals surface area contributed by atoms with Gasteiger partial charge in [-0.2, -0.15) is 10.6 Å². The first-order valence-electron chi connectivity index (χ1n) is 15.0. The molecule has 2 aromatic carbocycles. The van der Waals surface area contributed by atoms with E-state index in [1.54, 1.807) is 6.07 Å². The fourth-order valence-corrected chi connectivity index (χ4v) is 8.22. The van der Waals surface area contributed by atoms with E-state index in [0.717, 1.165) is 85.8 Å². The SMILES string of the molecule is CCCCC1(CCCC)CN(c2ccc(NCCC(C)(C)C)cc2)c2cc(SC)c(O/C=C/C(=O)O)cc2S(O)(O)C1. The first-order chi connectivity index (χ1) is 19.8. The maximum Gasteiger partial charge on any atom is 0.331 e. The Balaban J connectivity index is 2.13. The van der Waals surface area contributed by atoms with E-state index in [0.29, 0.717) is 22.9 Å². The fraction of sp³-hybridized carbons (Fsp3) is 0.545. The first kappa shape index (κ1) is 34.2. The standard InChI is InChI=1S/C33H50N2O5S2/c1-7-9-16-33(17-10-8-2)23-35(26-13-11-25(12-14-26)34-19-18-32(3,4)5)27-21-29(41-6)28(40-20-15-31(36)37)22-30(27)42(38,39)24-33/h11-15,20-22,34,38-39H,7-10,16-19,23-24H2,1-6H3,(H,36,37)/b20-15+. The third-order valence-electron chi connectivity index (χ3n) is 7.80. The van der Waals surface area contributed by atoms with Crippen LogP contribution in [0.2, 0.25) is 0 Å². The number of aliphatic carboxylic acids is 1. The second-order valence-electron chi connectivity index (χ2n) is 12.6. The quantitative estimate of drug-likeness (QED) is 0.0943. The molecule has 0 fully saturated rings. The Morgan fingerprint density at radius 1 is 1.12 bits per heavy atom. The zero-order chi connectivity index (χ0) is 31.0. The molecule has 1 heterocycles. The van der Waals surface area contributed by atoms with Crippen molar-refractivity contribution in [3.05, 3.63) is 48.7 Å². The molecular formula is C33H50N2O5S2. The molecule has 0 saturated heterocycles. The van der Waals surface area contributed by atoms with Crippen molar-refractivity contribution in [2.24, 2.45) is 10.8 Å². The van der Waals surface area contributed by atoms with Gasteiger partial charge in [-0.05, 0) is 61.3 Å². The number of carboxylic acids is 1. The Bertz CT molecular complexity index is 1200. The number of rotatable bonds is 14. The van der Waals surface area contributed by atoms with Gasteiger partial charge in [0.25, 0.3) is 0 Å². The molecule has 3 rings (SSSR count). The van der Waals surface area contributed by atoms with Crippen LogP contribution in [0.15, 0.2) is 58.5 Å². The van der Waals surface area contributed by atoms with Crippen LogP contribution in [-0.2, 0) is 4.79 Å². The van der Waals surface area contributed by atoms with E-state index in [1.165, 1.54) is 11.8 Å². The van der Waals surface area contributed by atoms with Crippen molar-refractivity contribution in [3.63, 3.8) is 0 Å². The van der Waals surface area contributed by atoms with Crippen LogP contribution in [-0.4, -0.2) is 45.3 Å². The molecule has 0 aliphatic carbocycles. The number of benzene rings is 2. The number of hydrogen-bond acceptors (Lipinski definition) is 7. The molecule has 1 aliphatic rings. The number of nitrogens with one attached hydrogen (secondary N) is 1. The smallest absolute Gasteiger partial charge is 0.331 e. The van der Waals surface area contributed by atoms with Gasteiger partial charge in [0.05, 0.1) is 27.8 Å². The van der Waals surface area contributed by atoms with Gasteiger partial charge in [0.2, 0.25) is 0 Å². The van der Waals surface area contributed by atoms with Crippen molar-refractivity contribution in [2.75, 3.05) is 35.3 Å². The molecule has 0 saturated carbocycles. The molecule has 9 heteroatoms. The summed E-state index contributed by atoms with van der Waals surface area (Å²) in [5, 5.41) is 12.6. The lowest BCUT2D eigenvalue weighted by Gasteiger charge is -2.42. The van der Waals surface area contributed by atoms with Crippen LogP contribution in [0.4, 0.5) is 17.1 Å². The highest BCUT2D eigenvalue weighted by Gasteiger charge is 2.42. The van der Waals surface area contributed by atoms with Gasteiger partial charge in [0.1, 0.15) is 5.75 Å². The van der Waals surface area contributed by atoms with Crippen LogP contribution >= 0.6 is 22.4 Å². The van der Waals surface area contributed by atoms with Crippen molar-refractivity contribution in [3.8, 4) is 5.75 Å². The van der Waals surface area contributed by atoms with Gasteiger partial charge in [-0.15, -0.1) is 11.8 Å². The van der Waals surface area contributed by atoms with Gasteiger partial charge in [0.15, 0.2) is 0 Å². The highest BCUT2D eigenvalue weighted by Crippen LogP contribution is 2.62. The Hall–Kier alpha value is -2.33. The summed E-state index contributed by atoms with van der Waals surface area (Å²) in [6.07, 6.45) is 11.0. The normalized spacial score (nSPS) is 17.0. The molecule has 234 valence electrons. The van der Waals surface area contributed by atoms with Gasteiger partial charge >= 0.3 is 5.97 Å². The van der Waals surface area contributed by atoms with Crippen molar-refractivity contribution >= 4 is 45.4 Å². The minimum Gasteiger partial charge on any atom is -0.478 e. The Morgan fingerprint density at radius 2 is 1.76 bits per heavy atom. The summed E-state index contributed by atoms with van der Waals surface area (Å²) in [6, 6.07) is 12.1. The number of carboxylic acid groups (broad SMARTS) is 1. The minimum absolute atomic E-state index is 0.257. The molecule has 0 aromatic heterocycles. The summed E-state index contributed by atoms with van der Waals surface area (Å²) in [5.41, 5.74) is 2.80. The van der Waals surface area contributed by atoms with Crippen LogP contribution in [0.5, 0.6) is 5.75 Å². The largest absolute Gasteiger partial charge is 0.478 e. The Morgan fingerprint density at radius 3 is 2.31 bits per heavy atom. The zero-order valence-corrected chi connectivity index (χ0v) is 27.7. The van der Waals surface area contributed by atoms with Gasteiger partial charge in [-0.25, -0.2) is 4.79 Å². The van der Waals surface area contributed by atoms with E-state index < -0.39 is 16.6 Å². The summed E-state index contributed by atoms with van der Waals surface area (Å²) in [5.74, 6) is -0.413. The van der Waals surface area contributed by atoms with Crippen molar-refractivity contribution in [1.29, 1.82) is 0 Å². The molecular weight excluding hydrogens is 569 g/mol. The molecule has 0 radical (unpaired) electrons. The molecule has 0 atom stereocenters. The number of anilines is 3. The van der Waals surface area contributed by atoms with E-state index in [2.05, 4.69) is 69.1 Å². The van der Waals surface area contributed by atoms with E-state index in [9.17, 15) is 13.9 Å². The maximum absolute atomic E-state index is 11.8. The fourth-order valence-electron chi connectivity index (χ4n) is 5.49. The average molecular weight is 619 g/mol. The average Bonchev–Trinajstić information content (AvgIpc) is 3.02. The lowest BCUT2D eigenvalue weighted by Crippen LogP contribution is -2.37. The second kappa shape index (κ2) is 14.9. The molecule has 2 aromatic rings. The third kappa shape index (κ3) is 9.33. The summed E-state index contributed by atoms with van der Waals surface area (Å²) in [7, 11) is -3.19. The van der Waals surface area contributed by atoms with Crippen LogP contribution in [0.25, 0.3) is 0 Å². The van der Waals surface area contributed by atoms with E-state index >= 15 is 0 Å². The van der Waals surface area contributed by atoms with Gasteiger partial charge < -0.3 is 20.1 Å². The highest BCUT2D eigenvalue weighted by molar-refractivity contribution is 8.24. The monoisotopic (exact) mass is 618 g/mol. The van der Waals surface area contributed by atoms with E-state index in [1.807, 2.05) is 12.3 Å². The topological polar surface area (TPSA) is 102 Å². The molecule has 0 unspecified atom stereocenters. The van der Waals surface area contributed by atoms with Crippen molar-refractivity contribution < 1.29 is 23.7 Å².